The van der Waals surface area contributed by atoms with Crippen molar-refractivity contribution in [1.29, 1.82) is 0 Å². The third-order valence-electron chi connectivity index (χ3n) is 5.12. The molecule has 0 N–H and O–H groups in total. The zero-order valence-electron chi connectivity index (χ0n) is 16.2. The van der Waals surface area contributed by atoms with Gasteiger partial charge in [0.2, 0.25) is 9.84 Å². The fourth-order valence-electron chi connectivity index (χ4n) is 3.71. The van der Waals surface area contributed by atoms with E-state index in [-0.39, 0.29) is 27.8 Å². The molecule has 0 aromatic heterocycles. The number of rotatable bonds is 5. The lowest BCUT2D eigenvalue weighted by atomic mass is 9.89. The van der Waals surface area contributed by atoms with E-state index in [9.17, 15) is 13.2 Å². The number of ether oxygens (including phenoxy) is 1. The van der Waals surface area contributed by atoms with Gasteiger partial charge >= 0.3 is 0 Å². The van der Waals surface area contributed by atoms with Crippen molar-refractivity contribution < 1.29 is 17.9 Å². The maximum Gasteiger partial charge on any atom is 0.206 e. The summed E-state index contributed by atoms with van der Waals surface area (Å²) in [5, 5.41) is 0.533. The summed E-state index contributed by atoms with van der Waals surface area (Å²) in [4.78, 5) is 13.3. The van der Waals surface area contributed by atoms with E-state index in [0.29, 0.717) is 21.9 Å². The van der Waals surface area contributed by atoms with Crippen molar-refractivity contribution in [3.63, 3.8) is 0 Å². The number of sulfone groups is 1. The Morgan fingerprint density at radius 2 is 1.57 bits per heavy atom. The van der Waals surface area contributed by atoms with Crippen LogP contribution in [0.2, 0.25) is 5.02 Å². The highest BCUT2D eigenvalue weighted by molar-refractivity contribution is 7.95. The summed E-state index contributed by atoms with van der Waals surface area (Å²) in [6.45, 7) is 1.63. The van der Waals surface area contributed by atoms with Crippen molar-refractivity contribution in [2.45, 2.75) is 24.2 Å². The van der Waals surface area contributed by atoms with E-state index < -0.39 is 15.8 Å². The maximum atomic E-state index is 13.5. The van der Waals surface area contributed by atoms with E-state index in [0.717, 1.165) is 0 Å². The van der Waals surface area contributed by atoms with Gasteiger partial charge in [-0.05, 0) is 49.4 Å². The molecule has 0 saturated carbocycles. The SMILES string of the molecule is CC1=C(S(=O)(=O)c2ccccc2)C(CC(=O)c2ccc(Cl)cc2)c2ccccc2O1. The number of para-hydroxylation sites is 1. The summed E-state index contributed by atoms with van der Waals surface area (Å²) in [7, 11) is -3.86. The van der Waals surface area contributed by atoms with Crippen LogP contribution in [0.5, 0.6) is 5.75 Å². The predicted octanol–water partition coefficient (Wildman–Crippen LogP) is 5.79. The van der Waals surface area contributed by atoms with Gasteiger partial charge in [-0.15, -0.1) is 0 Å². The van der Waals surface area contributed by atoms with Crippen LogP contribution in [0.4, 0.5) is 0 Å². The highest BCUT2D eigenvalue weighted by Crippen LogP contribution is 2.45. The molecule has 0 fully saturated rings. The largest absolute Gasteiger partial charge is 0.461 e. The predicted molar refractivity (Wildman–Crippen MR) is 117 cm³/mol. The Labute approximate surface area is 180 Å². The molecule has 1 unspecified atom stereocenters. The van der Waals surface area contributed by atoms with Crippen LogP contribution in [0.15, 0.2) is 94.4 Å². The molecule has 6 heteroatoms. The zero-order valence-corrected chi connectivity index (χ0v) is 17.8. The number of ketones is 1. The van der Waals surface area contributed by atoms with E-state index in [1.54, 1.807) is 67.6 Å². The van der Waals surface area contributed by atoms with Crippen molar-refractivity contribution >= 4 is 27.2 Å². The van der Waals surface area contributed by atoms with Gasteiger partial charge in [-0.2, -0.15) is 0 Å². The van der Waals surface area contributed by atoms with Crippen molar-refractivity contribution in [1.82, 2.24) is 0 Å². The minimum atomic E-state index is -3.86. The van der Waals surface area contributed by atoms with Gasteiger partial charge in [0.15, 0.2) is 5.78 Å². The van der Waals surface area contributed by atoms with Gasteiger partial charge in [0.25, 0.3) is 0 Å². The average molecular weight is 439 g/mol. The lowest BCUT2D eigenvalue weighted by Crippen LogP contribution is -2.23. The summed E-state index contributed by atoms with van der Waals surface area (Å²) in [6, 6.07) is 22.0. The van der Waals surface area contributed by atoms with Gasteiger partial charge in [0, 0.05) is 28.5 Å². The third-order valence-corrected chi connectivity index (χ3v) is 7.42. The van der Waals surface area contributed by atoms with Gasteiger partial charge in [0.05, 0.1) is 9.80 Å². The van der Waals surface area contributed by atoms with Crippen LogP contribution in [-0.4, -0.2) is 14.2 Å². The van der Waals surface area contributed by atoms with Crippen molar-refractivity contribution in [3.05, 3.63) is 106 Å². The van der Waals surface area contributed by atoms with Crippen LogP contribution < -0.4 is 4.74 Å². The molecule has 0 aliphatic carbocycles. The fourth-order valence-corrected chi connectivity index (χ4v) is 5.61. The molecule has 1 aliphatic heterocycles. The number of hydrogen-bond donors (Lipinski definition) is 0. The Hall–Kier alpha value is -2.89. The number of carbonyl (C=O) groups is 1. The Bertz CT molecular complexity index is 1230. The molecule has 3 aromatic carbocycles. The summed E-state index contributed by atoms with van der Waals surface area (Å²) in [6.07, 6.45) is 0.000737. The van der Waals surface area contributed by atoms with E-state index in [1.165, 1.54) is 0 Å². The van der Waals surface area contributed by atoms with Gasteiger partial charge in [-0.3, -0.25) is 4.79 Å². The Morgan fingerprint density at radius 3 is 2.27 bits per heavy atom. The first-order valence-corrected chi connectivity index (χ1v) is 11.3. The summed E-state index contributed by atoms with van der Waals surface area (Å²) in [5.41, 5.74) is 1.16. The number of carbonyl (C=O) groups excluding carboxylic acids is 1. The monoisotopic (exact) mass is 438 g/mol. The lowest BCUT2D eigenvalue weighted by Gasteiger charge is -2.29. The van der Waals surface area contributed by atoms with E-state index >= 15 is 0 Å². The molecule has 0 radical (unpaired) electrons. The van der Waals surface area contributed by atoms with Gasteiger partial charge < -0.3 is 4.74 Å². The third kappa shape index (κ3) is 3.78. The summed E-state index contributed by atoms with van der Waals surface area (Å²) < 4.78 is 32.9. The smallest absolute Gasteiger partial charge is 0.206 e. The zero-order chi connectivity index (χ0) is 21.3. The number of fused-ring (bicyclic) bond motifs is 1. The molecular formula is C24H19ClO4S. The standard InChI is InChI=1S/C24H19ClO4S/c1-16-24(30(27,28)19-7-3-2-4-8-19)21(20-9-5-6-10-23(20)29-16)15-22(26)17-11-13-18(25)14-12-17/h2-14,21H,15H2,1H3. The highest BCUT2D eigenvalue weighted by Gasteiger charge is 2.38. The number of halogens is 1. The maximum absolute atomic E-state index is 13.5. The molecule has 152 valence electrons. The summed E-state index contributed by atoms with van der Waals surface area (Å²) >= 11 is 5.93. The molecule has 0 saturated heterocycles. The second-order valence-corrected chi connectivity index (χ2v) is 9.42. The van der Waals surface area contributed by atoms with Crippen LogP contribution in [0.1, 0.15) is 35.2 Å². The van der Waals surface area contributed by atoms with Crippen LogP contribution in [0.25, 0.3) is 0 Å². The minimum Gasteiger partial charge on any atom is -0.461 e. The fraction of sp³-hybridized carbons (Fsp3) is 0.125. The van der Waals surface area contributed by atoms with E-state index in [2.05, 4.69) is 0 Å². The molecule has 1 aliphatic rings. The van der Waals surface area contributed by atoms with Crippen LogP contribution in [0, 0.1) is 0 Å². The van der Waals surface area contributed by atoms with E-state index in [1.807, 2.05) is 18.2 Å². The van der Waals surface area contributed by atoms with Crippen LogP contribution >= 0.6 is 11.6 Å². The second kappa shape index (κ2) is 8.09. The van der Waals surface area contributed by atoms with Crippen LogP contribution in [-0.2, 0) is 9.84 Å². The average Bonchev–Trinajstić information content (AvgIpc) is 2.74. The number of hydrogen-bond acceptors (Lipinski definition) is 4. The van der Waals surface area contributed by atoms with Crippen molar-refractivity contribution in [2.75, 3.05) is 0 Å². The molecule has 4 rings (SSSR count). The second-order valence-electron chi connectivity index (χ2n) is 7.06. The first kappa shape index (κ1) is 20.4. The van der Waals surface area contributed by atoms with Crippen LogP contribution in [0.3, 0.4) is 0 Å². The van der Waals surface area contributed by atoms with Gasteiger partial charge in [-0.1, -0.05) is 48.0 Å². The summed E-state index contributed by atoms with van der Waals surface area (Å²) in [5.74, 6) is 0.0349. The Balaban J connectivity index is 1.81. The quantitative estimate of drug-likeness (QED) is 0.473. The number of allylic oxidation sites excluding steroid dienone is 2. The molecule has 4 nitrogen and oxygen atoms in total. The highest BCUT2D eigenvalue weighted by atomic mass is 35.5. The molecule has 1 atom stereocenters. The topological polar surface area (TPSA) is 60.4 Å². The lowest BCUT2D eigenvalue weighted by molar-refractivity contribution is 0.0977. The minimum absolute atomic E-state index is 0.000737. The molecule has 1 heterocycles. The molecule has 30 heavy (non-hydrogen) atoms. The Morgan fingerprint density at radius 1 is 0.933 bits per heavy atom. The molecule has 3 aromatic rings. The van der Waals surface area contributed by atoms with E-state index in [4.69, 9.17) is 16.3 Å². The molecule has 0 bridgehead atoms. The number of Topliss-reactive ketones (excluding diaryl/α,β-unsaturated/α-hetero) is 1. The first-order chi connectivity index (χ1) is 14.4. The normalized spacial score (nSPS) is 16.0. The first-order valence-electron chi connectivity index (χ1n) is 9.44. The molecule has 0 spiro atoms. The molecular weight excluding hydrogens is 420 g/mol. The van der Waals surface area contributed by atoms with Crippen molar-refractivity contribution in [2.24, 2.45) is 0 Å². The van der Waals surface area contributed by atoms with Crippen molar-refractivity contribution in [3.8, 4) is 5.75 Å². The molecule has 0 amide bonds. The number of benzene rings is 3. The van der Waals surface area contributed by atoms with Gasteiger partial charge in [-0.25, -0.2) is 8.42 Å². The van der Waals surface area contributed by atoms with Gasteiger partial charge in [0.1, 0.15) is 11.5 Å². The Kier molecular flexibility index (Phi) is 5.50.